The van der Waals surface area contributed by atoms with Gasteiger partial charge in [0.1, 0.15) is 5.91 Å². The number of aliphatic carboxylic acids is 1. The van der Waals surface area contributed by atoms with Gasteiger partial charge in [-0.1, -0.05) is 24.8 Å². The fourth-order valence-corrected chi connectivity index (χ4v) is 11.3. The molecule has 6 heteroatoms. The molecular weight excluding hydrogens is 584 g/mol. The smallest absolute Gasteiger partial charge is 0.535 e. The van der Waals surface area contributed by atoms with E-state index in [1.165, 1.54) is 21.9 Å². The summed E-state index contributed by atoms with van der Waals surface area (Å²) in [4.78, 5) is 22.5. The van der Waals surface area contributed by atoms with Gasteiger partial charge >= 0.3 is 26.4 Å². The van der Waals surface area contributed by atoms with E-state index in [0.717, 1.165) is 0 Å². The third-order valence-corrected chi connectivity index (χ3v) is 12.7. The van der Waals surface area contributed by atoms with Crippen LogP contribution in [0.2, 0.25) is 0 Å². The van der Waals surface area contributed by atoms with Crippen molar-refractivity contribution in [1.29, 1.82) is 0 Å². The summed E-state index contributed by atoms with van der Waals surface area (Å²) < 4.78 is 0. The van der Waals surface area contributed by atoms with Crippen molar-refractivity contribution in [3.8, 4) is 0 Å². The van der Waals surface area contributed by atoms with Gasteiger partial charge in [0, 0.05) is 7.92 Å². The number of hydrogen-bond donors (Lipinski definition) is 1. The number of amides is 1. The summed E-state index contributed by atoms with van der Waals surface area (Å²) in [6.07, 6.45) is 23.8. The van der Waals surface area contributed by atoms with E-state index >= 15 is 0 Å². The third kappa shape index (κ3) is 12.6. The predicted octanol–water partition coefficient (Wildman–Crippen LogP) is 8.66. The SMILES string of the molecule is C1CCC([PH+](C2CCCCC2)C2CCCCC2)CC1.CC(C)(C)C(=O)O.[CH2-]N(C)C(=O)c1[c-]cccc1.[Pd+2]. The van der Waals surface area contributed by atoms with Crippen LogP contribution in [0, 0.1) is 18.5 Å². The average Bonchev–Trinajstić information content (AvgIpc) is 2.91. The molecule has 0 radical (unpaired) electrons. The molecule has 3 saturated carbocycles. The van der Waals surface area contributed by atoms with Gasteiger partial charge in [-0.05, 0) is 105 Å². The Kier molecular flexibility index (Phi) is 17.2. The van der Waals surface area contributed by atoms with Gasteiger partial charge in [0.2, 0.25) is 0 Å². The van der Waals surface area contributed by atoms with Gasteiger partial charge in [0.25, 0.3) is 0 Å². The molecule has 0 spiro atoms. The Morgan fingerprint density at radius 1 is 0.842 bits per heavy atom. The zero-order chi connectivity index (χ0) is 27.3. The van der Waals surface area contributed by atoms with Gasteiger partial charge in [-0.2, -0.15) is 0 Å². The summed E-state index contributed by atoms with van der Waals surface area (Å²) in [5.74, 6) is -0.877. The summed E-state index contributed by atoms with van der Waals surface area (Å²) in [5, 5.41) is 8.25. The molecule has 0 bridgehead atoms. The van der Waals surface area contributed by atoms with Crippen LogP contribution >= 0.6 is 7.92 Å². The molecule has 0 aliphatic heterocycles. The van der Waals surface area contributed by atoms with Crippen molar-refractivity contribution in [1.82, 2.24) is 4.90 Å². The van der Waals surface area contributed by atoms with Gasteiger partial charge in [-0.3, -0.25) is 11.8 Å². The molecule has 4 nitrogen and oxygen atoms in total. The number of carbonyl (C=O) groups is 2. The first-order valence-electron chi connectivity index (χ1n) is 14.8. The first kappa shape index (κ1) is 35.3. The summed E-state index contributed by atoms with van der Waals surface area (Å²) in [5.41, 5.74) is 3.64. The van der Waals surface area contributed by atoms with Gasteiger partial charge in [0.15, 0.2) is 0 Å². The van der Waals surface area contributed by atoms with Crippen LogP contribution in [0.15, 0.2) is 24.3 Å². The van der Waals surface area contributed by atoms with Gasteiger partial charge in [-0.15, -0.1) is 30.3 Å². The Bertz CT molecular complexity index is 735. The molecule has 1 N–H and O–H groups in total. The van der Waals surface area contributed by atoms with Crippen molar-refractivity contribution in [2.75, 3.05) is 7.05 Å². The number of hydrogen-bond acceptors (Lipinski definition) is 2. The predicted molar refractivity (Wildman–Crippen MR) is 159 cm³/mol. The third-order valence-electron chi connectivity index (χ3n) is 8.16. The molecular formula is C32H53NO3PPd+. The number of nitrogens with zero attached hydrogens (tertiary/aromatic N) is 1. The Morgan fingerprint density at radius 3 is 1.47 bits per heavy atom. The molecule has 218 valence electrons. The fourth-order valence-electron chi connectivity index (χ4n) is 6.04. The van der Waals surface area contributed by atoms with Gasteiger partial charge in [-0.25, -0.2) is 0 Å². The Hall–Kier alpha value is -0.748. The van der Waals surface area contributed by atoms with Crippen molar-refractivity contribution in [2.24, 2.45) is 5.41 Å². The Labute approximate surface area is 248 Å². The summed E-state index contributed by atoms with van der Waals surface area (Å²) in [7, 11) is 5.05. The molecule has 1 aromatic carbocycles. The maximum atomic E-state index is 11.2. The number of rotatable bonds is 4. The van der Waals surface area contributed by atoms with Crippen LogP contribution in [0.25, 0.3) is 0 Å². The number of carboxylic acid groups (broad SMARTS) is 1. The van der Waals surface area contributed by atoms with E-state index in [1.54, 1.807) is 142 Å². The van der Waals surface area contributed by atoms with Crippen molar-refractivity contribution in [3.63, 3.8) is 0 Å². The van der Waals surface area contributed by atoms with E-state index in [0.29, 0.717) is 5.56 Å². The average molecular weight is 637 g/mol. The van der Waals surface area contributed by atoms with E-state index in [4.69, 9.17) is 5.11 Å². The molecule has 4 rings (SSSR count). The van der Waals surface area contributed by atoms with Crippen molar-refractivity contribution in [3.05, 3.63) is 42.9 Å². The molecule has 0 aromatic heterocycles. The zero-order valence-electron chi connectivity index (χ0n) is 24.4. The molecule has 0 saturated heterocycles. The van der Waals surface area contributed by atoms with E-state index < -0.39 is 11.4 Å². The number of carboxylic acids is 1. The minimum absolute atomic E-state index is 0. The van der Waals surface area contributed by atoms with Gasteiger partial charge < -0.3 is 14.8 Å². The summed E-state index contributed by atoms with van der Waals surface area (Å²) >= 11 is 0. The number of carbonyl (C=O) groups excluding carboxylic acids is 1. The standard InChI is InChI=1S/C18H33P.C9H9NO.C5H10O2.Pd/c1-4-10-16(11-5-1)19(17-12-6-2-7-13-17)18-14-8-3-9-15-18;1-10(2)9(11)8-6-4-3-5-7-8;1-5(2,3)4(6)7;/h16-18H,1-15H2;3-6H,1H2,2H3;1-3H3,(H,6,7);/q;-2;;+2/p+1. The van der Waals surface area contributed by atoms with Crippen LogP contribution in [0.4, 0.5) is 0 Å². The van der Waals surface area contributed by atoms with Gasteiger partial charge in [0.05, 0.1) is 22.4 Å². The molecule has 3 aliphatic carbocycles. The minimum atomic E-state index is -0.757. The van der Waals surface area contributed by atoms with Crippen LogP contribution in [0.1, 0.15) is 127 Å². The van der Waals surface area contributed by atoms with Crippen molar-refractivity contribution >= 4 is 19.8 Å². The van der Waals surface area contributed by atoms with E-state index in [9.17, 15) is 9.59 Å². The maximum Gasteiger partial charge on any atom is 2.00 e. The normalized spacial score (nSPS) is 19.2. The van der Waals surface area contributed by atoms with Crippen LogP contribution in [0.5, 0.6) is 0 Å². The molecule has 1 aromatic rings. The second-order valence-corrected chi connectivity index (χ2v) is 15.8. The number of benzene rings is 1. The van der Waals surface area contributed by atoms with Crippen LogP contribution < -0.4 is 0 Å². The minimum Gasteiger partial charge on any atom is -0.535 e. The zero-order valence-corrected chi connectivity index (χ0v) is 26.9. The molecule has 0 heterocycles. The van der Waals surface area contributed by atoms with Crippen LogP contribution in [-0.2, 0) is 25.2 Å². The Balaban J connectivity index is 0.000000324. The van der Waals surface area contributed by atoms with E-state index in [2.05, 4.69) is 13.1 Å². The first-order chi connectivity index (χ1) is 17.6. The van der Waals surface area contributed by atoms with Crippen molar-refractivity contribution in [2.45, 2.75) is 134 Å². The quantitative estimate of drug-likeness (QED) is 0.204. The monoisotopic (exact) mass is 636 g/mol. The second kappa shape index (κ2) is 18.6. The second-order valence-electron chi connectivity index (χ2n) is 12.3. The van der Waals surface area contributed by atoms with Crippen LogP contribution in [-0.4, -0.2) is 45.9 Å². The topological polar surface area (TPSA) is 57.6 Å². The molecule has 0 unspecified atom stereocenters. The fraction of sp³-hybridized carbons (Fsp3) is 0.719. The van der Waals surface area contributed by atoms with E-state index in [1.807, 2.05) is 6.07 Å². The van der Waals surface area contributed by atoms with Crippen LogP contribution in [0.3, 0.4) is 0 Å². The van der Waals surface area contributed by atoms with Crippen molar-refractivity contribution < 1.29 is 35.1 Å². The van der Waals surface area contributed by atoms with E-state index in [-0.39, 0.29) is 34.3 Å². The molecule has 3 fully saturated rings. The maximum absolute atomic E-state index is 11.2. The Morgan fingerprint density at radius 2 is 1.21 bits per heavy atom. The largest absolute Gasteiger partial charge is 2.00 e. The summed E-state index contributed by atoms with van der Waals surface area (Å²) in [6.45, 7) is 4.99. The molecule has 1 amide bonds. The molecule has 3 aliphatic rings. The molecule has 38 heavy (non-hydrogen) atoms. The molecule has 0 atom stereocenters. The first-order valence-corrected chi connectivity index (χ1v) is 16.5. The summed E-state index contributed by atoms with van der Waals surface area (Å²) in [6, 6.07) is 9.85.